The van der Waals surface area contributed by atoms with Crippen molar-refractivity contribution >= 4 is 17.7 Å². The van der Waals surface area contributed by atoms with Gasteiger partial charge in [0.2, 0.25) is 0 Å². The van der Waals surface area contributed by atoms with Crippen molar-refractivity contribution in [2.45, 2.75) is 32.0 Å². The third-order valence-corrected chi connectivity index (χ3v) is 5.05. The van der Waals surface area contributed by atoms with Gasteiger partial charge in [-0.2, -0.15) is 0 Å². The first kappa shape index (κ1) is 18.4. The van der Waals surface area contributed by atoms with Crippen LogP contribution in [0.2, 0.25) is 5.02 Å². The van der Waals surface area contributed by atoms with Crippen LogP contribution in [0.3, 0.4) is 0 Å². The van der Waals surface area contributed by atoms with Gasteiger partial charge >= 0.3 is 6.09 Å². The zero-order valence-corrected chi connectivity index (χ0v) is 16.0. The van der Waals surface area contributed by atoms with Gasteiger partial charge in [0.05, 0.1) is 12.6 Å². The van der Waals surface area contributed by atoms with E-state index in [4.69, 9.17) is 16.3 Å². The Kier molecular flexibility index (Phi) is 5.53. The summed E-state index contributed by atoms with van der Waals surface area (Å²) in [7, 11) is 0. The van der Waals surface area contributed by atoms with Gasteiger partial charge in [0.25, 0.3) is 0 Å². The average molecular weight is 398 g/mol. The van der Waals surface area contributed by atoms with Crippen LogP contribution in [-0.4, -0.2) is 37.7 Å². The van der Waals surface area contributed by atoms with Crippen molar-refractivity contribution in [3.63, 3.8) is 0 Å². The number of likely N-dealkylation sites (tertiary alicyclic amines) is 1. The number of amides is 1. The number of benzene rings is 2. The Morgan fingerprint density at radius 1 is 1.11 bits per heavy atom. The smallest absolute Gasteiger partial charge is 0.410 e. The first-order valence-corrected chi connectivity index (χ1v) is 9.56. The second-order valence-corrected chi connectivity index (χ2v) is 7.15. The SMILES string of the molecule is O=C(OCc1ccccc1)N1CCC[C@@H]1c1nnnn1Cc1ccc(Cl)cc1. The molecule has 1 saturated heterocycles. The van der Waals surface area contributed by atoms with Gasteiger partial charge in [0, 0.05) is 11.6 Å². The molecule has 8 heteroatoms. The summed E-state index contributed by atoms with van der Waals surface area (Å²) in [6, 6.07) is 17.0. The van der Waals surface area contributed by atoms with Gasteiger partial charge in [0.15, 0.2) is 5.82 Å². The molecule has 2 aromatic carbocycles. The standard InChI is InChI=1S/C20H20ClN5O2/c21-17-10-8-15(9-11-17)13-26-19(22-23-24-26)18-7-4-12-25(18)20(27)28-14-16-5-2-1-3-6-16/h1-3,5-6,8-11,18H,4,7,12-14H2/t18-/m1/s1. The average Bonchev–Trinajstić information content (AvgIpc) is 3.38. The van der Waals surface area contributed by atoms with Crippen LogP contribution in [0.1, 0.15) is 35.8 Å². The third-order valence-electron chi connectivity index (χ3n) is 4.80. The Morgan fingerprint density at radius 2 is 1.89 bits per heavy atom. The number of carbonyl (C=O) groups excluding carboxylic acids is 1. The summed E-state index contributed by atoms with van der Waals surface area (Å²) in [5.74, 6) is 0.670. The van der Waals surface area contributed by atoms with Crippen molar-refractivity contribution < 1.29 is 9.53 Å². The second-order valence-electron chi connectivity index (χ2n) is 6.71. The van der Waals surface area contributed by atoms with Crippen LogP contribution >= 0.6 is 11.6 Å². The lowest BCUT2D eigenvalue weighted by atomic mass is 10.2. The zero-order chi connectivity index (χ0) is 19.3. The monoisotopic (exact) mass is 397 g/mol. The number of hydrogen-bond donors (Lipinski definition) is 0. The van der Waals surface area contributed by atoms with Crippen LogP contribution in [0.4, 0.5) is 4.79 Å². The molecule has 4 rings (SSSR count). The predicted octanol–water partition coefficient (Wildman–Crippen LogP) is 3.85. The molecule has 1 fully saturated rings. The first-order chi connectivity index (χ1) is 13.7. The molecule has 1 aromatic heterocycles. The number of hydrogen-bond acceptors (Lipinski definition) is 5. The second kappa shape index (κ2) is 8.39. The van der Waals surface area contributed by atoms with E-state index in [1.54, 1.807) is 9.58 Å². The van der Waals surface area contributed by atoms with E-state index >= 15 is 0 Å². The Balaban J connectivity index is 1.45. The summed E-state index contributed by atoms with van der Waals surface area (Å²) >= 11 is 5.95. The van der Waals surface area contributed by atoms with Gasteiger partial charge in [-0.3, -0.25) is 4.90 Å². The van der Waals surface area contributed by atoms with Crippen LogP contribution < -0.4 is 0 Å². The van der Waals surface area contributed by atoms with Crippen molar-refractivity contribution in [1.29, 1.82) is 0 Å². The van der Waals surface area contributed by atoms with E-state index in [0.717, 1.165) is 24.0 Å². The van der Waals surface area contributed by atoms with E-state index in [2.05, 4.69) is 15.5 Å². The van der Waals surface area contributed by atoms with Crippen molar-refractivity contribution in [2.75, 3.05) is 6.54 Å². The Morgan fingerprint density at radius 3 is 2.68 bits per heavy atom. The van der Waals surface area contributed by atoms with Gasteiger partial charge in [0.1, 0.15) is 6.61 Å². The highest BCUT2D eigenvalue weighted by Crippen LogP contribution is 2.31. The summed E-state index contributed by atoms with van der Waals surface area (Å²) in [6.45, 7) is 1.40. The maximum absolute atomic E-state index is 12.6. The van der Waals surface area contributed by atoms with Gasteiger partial charge in [-0.1, -0.05) is 54.1 Å². The van der Waals surface area contributed by atoms with Crippen molar-refractivity contribution in [3.8, 4) is 0 Å². The molecule has 1 aliphatic heterocycles. The summed E-state index contributed by atoms with van der Waals surface area (Å²) in [5, 5.41) is 12.8. The molecule has 0 N–H and O–H groups in total. The third kappa shape index (κ3) is 4.14. The molecule has 0 bridgehead atoms. The lowest BCUT2D eigenvalue weighted by Crippen LogP contribution is -2.32. The van der Waals surface area contributed by atoms with Crippen LogP contribution in [0.25, 0.3) is 0 Å². The highest BCUT2D eigenvalue weighted by Gasteiger charge is 2.34. The van der Waals surface area contributed by atoms with E-state index in [-0.39, 0.29) is 18.7 Å². The minimum absolute atomic E-state index is 0.189. The van der Waals surface area contributed by atoms with Crippen molar-refractivity contribution in [1.82, 2.24) is 25.1 Å². The quantitative estimate of drug-likeness (QED) is 0.653. The summed E-state index contributed by atoms with van der Waals surface area (Å²) in [6.07, 6.45) is 1.35. The lowest BCUT2D eigenvalue weighted by Gasteiger charge is -2.23. The molecule has 1 amide bonds. The fraction of sp³-hybridized carbons (Fsp3) is 0.300. The number of halogens is 1. The number of nitrogens with zero attached hydrogens (tertiary/aromatic N) is 5. The normalized spacial score (nSPS) is 16.3. The molecule has 0 saturated carbocycles. The maximum atomic E-state index is 12.6. The Labute approximate surface area is 167 Å². The van der Waals surface area contributed by atoms with Crippen molar-refractivity contribution in [3.05, 3.63) is 76.6 Å². The number of aromatic nitrogens is 4. The highest BCUT2D eigenvalue weighted by atomic mass is 35.5. The van der Waals surface area contributed by atoms with Gasteiger partial charge in [-0.05, 0) is 46.5 Å². The molecule has 28 heavy (non-hydrogen) atoms. The van der Waals surface area contributed by atoms with Crippen LogP contribution in [0, 0.1) is 0 Å². The molecule has 1 atom stereocenters. The molecule has 7 nitrogen and oxygen atoms in total. The van der Waals surface area contributed by atoms with Crippen LogP contribution in [0.15, 0.2) is 54.6 Å². The number of tetrazole rings is 1. The van der Waals surface area contributed by atoms with E-state index in [1.807, 2.05) is 54.6 Å². The minimum atomic E-state index is -0.340. The number of rotatable bonds is 5. The molecule has 0 spiro atoms. The highest BCUT2D eigenvalue weighted by molar-refractivity contribution is 6.30. The lowest BCUT2D eigenvalue weighted by molar-refractivity contribution is 0.0902. The van der Waals surface area contributed by atoms with E-state index in [0.29, 0.717) is 23.9 Å². The van der Waals surface area contributed by atoms with E-state index in [1.165, 1.54) is 0 Å². The summed E-state index contributed by atoms with van der Waals surface area (Å²) < 4.78 is 7.24. The molecule has 0 unspecified atom stereocenters. The largest absolute Gasteiger partial charge is 0.445 e. The molecular weight excluding hydrogens is 378 g/mol. The molecule has 144 valence electrons. The minimum Gasteiger partial charge on any atom is -0.445 e. The predicted molar refractivity (Wildman–Crippen MR) is 104 cm³/mol. The Hall–Kier alpha value is -2.93. The molecule has 2 heterocycles. The number of ether oxygens (including phenoxy) is 1. The zero-order valence-electron chi connectivity index (χ0n) is 15.2. The van der Waals surface area contributed by atoms with Crippen molar-refractivity contribution in [2.24, 2.45) is 0 Å². The van der Waals surface area contributed by atoms with Gasteiger partial charge < -0.3 is 4.74 Å². The van der Waals surface area contributed by atoms with Gasteiger partial charge in [-0.25, -0.2) is 9.48 Å². The van der Waals surface area contributed by atoms with Crippen LogP contribution in [0.5, 0.6) is 0 Å². The first-order valence-electron chi connectivity index (χ1n) is 9.18. The van der Waals surface area contributed by atoms with E-state index in [9.17, 15) is 4.79 Å². The topological polar surface area (TPSA) is 73.1 Å². The molecule has 3 aromatic rings. The molecule has 1 aliphatic rings. The fourth-order valence-corrected chi connectivity index (χ4v) is 3.51. The van der Waals surface area contributed by atoms with Gasteiger partial charge in [-0.15, -0.1) is 5.10 Å². The maximum Gasteiger partial charge on any atom is 0.410 e. The molecular formula is C20H20ClN5O2. The van der Waals surface area contributed by atoms with E-state index < -0.39 is 0 Å². The van der Waals surface area contributed by atoms with Crippen LogP contribution in [-0.2, 0) is 17.9 Å². The summed E-state index contributed by atoms with van der Waals surface area (Å²) in [5.41, 5.74) is 1.99. The number of carbonyl (C=O) groups is 1. The molecule has 0 radical (unpaired) electrons. The molecule has 0 aliphatic carbocycles. The summed E-state index contributed by atoms with van der Waals surface area (Å²) in [4.78, 5) is 14.4. The fourth-order valence-electron chi connectivity index (χ4n) is 3.38. The Bertz CT molecular complexity index is 929.